The van der Waals surface area contributed by atoms with Gasteiger partial charge in [0.1, 0.15) is 6.04 Å². The van der Waals surface area contributed by atoms with Gasteiger partial charge in [-0.3, -0.25) is 9.59 Å². The van der Waals surface area contributed by atoms with Crippen molar-refractivity contribution in [1.29, 1.82) is 0 Å². The normalized spacial score (nSPS) is 16.8. The average Bonchev–Trinajstić information content (AvgIpc) is 3.61. The molecule has 11 heteroatoms. The molecule has 45 heavy (non-hydrogen) atoms. The van der Waals surface area contributed by atoms with E-state index in [0.717, 1.165) is 28.6 Å². The number of benzene rings is 4. The van der Waals surface area contributed by atoms with E-state index in [1.54, 1.807) is 23.1 Å². The molecule has 1 saturated heterocycles. The van der Waals surface area contributed by atoms with Crippen LogP contribution in [-0.2, 0) is 12.7 Å². The molecular weight excluding hydrogens is 667 g/mol. The van der Waals surface area contributed by atoms with Crippen molar-refractivity contribution in [3.05, 3.63) is 139 Å². The SMILES string of the molecule is O=C(c1ccc(Cl)c(Cl)c1)C1C(c2cn(Cc3ccc(C(F)(F)F)cc3)c3ccccc23)CCN1C(=O)c1ccc(Cl)c(Cl)c1. The van der Waals surface area contributed by atoms with Crippen molar-refractivity contribution in [2.24, 2.45) is 0 Å². The van der Waals surface area contributed by atoms with Crippen molar-refractivity contribution in [1.82, 2.24) is 9.47 Å². The lowest BCUT2D eigenvalue weighted by molar-refractivity contribution is -0.137. The summed E-state index contributed by atoms with van der Waals surface area (Å²) in [4.78, 5) is 29.7. The number of fused-ring (bicyclic) bond motifs is 1. The van der Waals surface area contributed by atoms with E-state index in [4.69, 9.17) is 46.4 Å². The molecule has 5 aromatic rings. The Labute approximate surface area is 276 Å². The van der Waals surface area contributed by atoms with Gasteiger partial charge in [-0.15, -0.1) is 0 Å². The van der Waals surface area contributed by atoms with E-state index in [1.165, 1.54) is 30.3 Å². The predicted molar refractivity (Wildman–Crippen MR) is 172 cm³/mol. The smallest absolute Gasteiger partial charge is 0.343 e. The lowest BCUT2D eigenvalue weighted by Gasteiger charge is -2.28. The lowest BCUT2D eigenvalue weighted by atomic mass is 9.87. The maximum absolute atomic E-state index is 14.3. The fourth-order valence-corrected chi connectivity index (χ4v) is 6.58. The van der Waals surface area contributed by atoms with Gasteiger partial charge in [-0.25, -0.2) is 0 Å². The van der Waals surface area contributed by atoms with Crippen LogP contribution < -0.4 is 0 Å². The standard InChI is InChI=1S/C34H23Cl4F3N2O2/c35-26-11-7-20(15-28(26)37)32(44)31-24(13-14-43(31)33(45)21-8-12-27(36)29(38)16-21)25-18-42(30-4-2-1-3-23(25)30)17-19-5-9-22(10-6-19)34(39,40)41/h1-12,15-16,18,24,31H,13-14,17H2. The molecule has 2 heterocycles. The molecule has 0 bridgehead atoms. The van der Waals surface area contributed by atoms with Crippen LogP contribution in [-0.4, -0.2) is 33.7 Å². The van der Waals surface area contributed by atoms with Gasteiger partial charge in [0.15, 0.2) is 5.78 Å². The largest absolute Gasteiger partial charge is 0.416 e. The van der Waals surface area contributed by atoms with E-state index < -0.39 is 23.7 Å². The van der Waals surface area contributed by atoms with Gasteiger partial charge >= 0.3 is 6.18 Å². The molecule has 6 rings (SSSR count). The highest BCUT2D eigenvalue weighted by molar-refractivity contribution is 6.42. The van der Waals surface area contributed by atoms with Gasteiger partial charge in [-0.2, -0.15) is 13.2 Å². The molecule has 2 unspecified atom stereocenters. The monoisotopic (exact) mass is 688 g/mol. The number of likely N-dealkylation sites (tertiary alicyclic amines) is 1. The molecule has 2 atom stereocenters. The molecule has 0 saturated carbocycles. The van der Waals surface area contributed by atoms with Crippen LogP contribution in [0.1, 0.15) is 49.7 Å². The molecule has 0 N–H and O–H groups in total. The minimum atomic E-state index is -4.43. The Hall–Kier alpha value is -3.49. The van der Waals surface area contributed by atoms with Gasteiger partial charge in [0.05, 0.1) is 25.7 Å². The first-order chi connectivity index (χ1) is 21.4. The predicted octanol–water partition coefficient (Wildman–Crippen LogP) is 10.2. The summed E-state index contributed by atoms with van der Waals surface area (Å²) in [6.07, 6.45) is -2.01. The third-order valence-electron chi connectivity index (χ3n) is 8.15. The maximum Gasteiger partial charge on any atom is 0.416 e. The molecule has 0 aliphatic carbocycles. The fraction of sp³-hybridized carbons (Fsp3) is 0.176. The van der Waals surface area contributed by atoms with Crippen LogP contribution in [0.15, 0.2) is 91.1 Å². The Kier molecular flexibility index (Phi) is 8.65. The third-order valence-corrected chi connectivity index (χ3v) is 9.63. The van der Waals surface area contributed by atoms with Crippen molar-refractivity contribution in [3.63, 3.8) is 0 Å². The number of amides is 1. The lowest BCUT2D eigenvalue weighted by Crippen LogP contribution is -2.43. The number of hydrogen-bond acceptors (Lipinski definition) is 2. The van der Waals surface area contributed by atoms with Crippen LogP contribution in [0.4, 0.5) is 13.2 Å². The number of nitrogens with zero attached hydrogens (tertiary/aromatic N) is 2. The first kappa shape index (κ1) is 31.5. The zero-order valence-electron chi connectivity index (χ0n) is 23.3. The van der Waals surface area contributed by atoms with Gasteiger partial charge in [0.2, 0.25) is 0 Å². The topological polar surface area (TPSA) is 42.3 Å². The second kappa shape index (κ2) is 12.4. The first-order valence-electron chi connectivity index (χ1n) is 13.9. The van der Waals surface area contributed by atoms with Crippen molar-refractivity contribution in [2.45, 2.75) is 31.1 Å². The van der Waals surface area contributed by atoms with E-state index in [9.17, 15) is 22.8 Å². The number of carbonyl (C=O) groups excluding carboxylic acids is 2. The Morgan fingerprint density at radius 1 is 0.778 bits per heavy atom. The summed E-state index contributed by atoms with van der Waals surface area (Å²) in [5.41, 5.74) is 2.26. The van der Waals surface area contributed by atoms with Crippen molar-refractivity contribution < 1.29 is 22.8 Å². The zero-order valence-corrected chi connectivity index (χ0v) is 26.3. The summed E-state index contributed by atoms with van der Waals surface area (Å²) in [6.45, 7) is 0.600. The van der Waals surface area contributed by atoms with Gasteiger partial charge in [-0.05, 0) is 72.1 Å². The Balaban J connectivity index is 1.42. The van der Waals surface area contributed by atoms with Crippen LogP contribution in [0.2, 0.25) is 20.1 Å². The number of carbonyl (C=O) groups is 2. The highest BCUT2D eigenvalue weighted by atomic mass is 35.5. The average molecular weight is 690 g/mol. The van der Waals surface area contributed by atoms with Crippen molar-refractivity contribution >= 4 is 69.0 Å². The quantitative estimate of drug-likeness (QED) is 0.167. The molecule has 4 aromatic carbocycles. The second-order valence-corrected chi connectivity index (χ2v) is 12.5. The molecule has 4 nitrogen and oxygen atoms in total. The van der Waals surface area contributed by atoms with Crippen LogP contribution in [0, 0.1) is 0 Å². The molecule has 0 spiro atoms. The number of alkyl halides is 3. The summed E-state index contributed by atoms with van der Waals surface area (Å²) in [6, 6.07) is 21.0. The van der Waals surface area contributed by atoms with Crippen LogP contribution >= 0.6 is 46.4 Å². The van der Waals surface area contributed by atoms with Crippen LogP contribution in [0.5, 0.6) is 0 Å². The fourth-order valence-electron chi connectivity index (χ4n) is 5.98. The van der Waals surface area contributed by atoms with Crippen LogP contribution in [0.3, 0.4) is 0 Å². The van der Waals surface area contributed by atoms with E-state index >= 15 is 0 Å². The Morgan fingerprint density at radius 2 is 1.40 bits per heavy atom. The van der Waals surface area contributed by atoms with E-state index in [0.29, 0.717) is 46.2 Å². The summed E-state index contributed by atoms with van der Waals surface area (Å²) in [5, 5.41) is 1.91. The second-order valence-electron chi connectivity index (χ2n) is 10.9. The van der Waals surface area contributed by atoms with Gasteiger partial charge in [-0.1, -0.05) is 76.7 Å². The number of ketones is 1. The zero-order chi connectivity index (χ0) is 32.0. The third kappa shape index (κ3) is 6.19. The van der Waals surface area contributed by atoms with Crippen molar-refractivity contribution in [2.75, 3.05) is 6.54 Å². The summed E-state index contributed by atoms with van der Waals surface area (Å²) >= 11 is 24.7. The molecule has 1 fully saturated rings. The molecule has 1 aliphatic heterocycles. The van der Waals surface area contributed by atoms with E-state index in [-0.39, 0.29) is 21.7 Å². The number of rotatable bonds is 6. The molecule has 230 valence electrons. The molecule has 1 aliphatic rings. The van der Waals surface area contributed by atoms with Gasteiger partial charge in [0, 0.05) is 47.2 Å². The first-order valence-corrected chi connectivity index (χ1v) is 15.4. The van der Waals surface area contributed by atoms with Crippen molar-refractivity contribution in [3.8, 4) is 0 Å². The summed E-state index contributed by atoms with van der Waals surface area (Å²) in [5.74, 6) is -1.08. The molecule has 1 amide bonds. The Bertz CT molecular complexity index is 1940. The number of Topliss-reactive ketones (excluding diaryl/α,β-unsaturated/α-hetero) is 1. The van der Waals surface area contributed by atoms with E-state index in [1.807, 2.05) is 35.0 Å². The number of hydrogen-bond donors (Lipinski definition) is 0. The molecule has 1 aromatic heterocycles. The molecular formula is C34H23Cl4F3N2O2. The Morgan fingerprint density at radius 3 is 2.04 bits per heavy atom. The minimum Gasteiger partial charge on any atom is -0.343 e. The van der Waals surface area contributed by atoms with E-state index in [2.05, 4.69) is 0 Å². The number of aromatic nitrogens is 1. The highest BCUT2D eigenvalue weighted by Gasteiger charge is 2.44. The van der Waals surface area contributed by atoms with Gasteiger partial charge < -0.3 is 9.47 Å². The summed E-state index contributed by atoms with van der Waals surface area (Å²) < 4.78 is 41.4. The number of halogens is 7. The highest BCUT2D eigenvalue weighted by Crippen LogP contribution is 2.41. The van der Waals surface area contributed by atoms with Gasteiger partial charge in [0.25, 0.3) is 5.91 Å². The molecule has 0 radical (unpaired) electrons. The maximum atomic E-state index is 14.3. The van der Waals surface area contributed by atoms with Crippen LogP contribution in [0.25, 0.3) is 10.9 Å². The summed E-state index contributed by atoms with van der Waals surface area (Å²) in [7, 11) is 0. The minimum absolute atomic E-state index is 0.215. The number of para-hydroxylation sites is 1.